The molecule has 0 amide bonds. The number of Topliss-reactive ketones (excluding diaryl/α,β-unsaturated/α-hetero) is 1. The third-order valence-corrected chi connectivity index (χ3v) is 3.87. The number of carbonyl (C=O) groups excluding carboxylic acids is 2. The smallest absolute Gasteiger partial charge is 0.309 e. The molecule has 0 aromatic carbocycles. The van der Waals surface area contributed by atoms with Gasteiger partial charge >= 0.3 is 11.9 Å². The Hall–Kier alpha value is 0.0116. The number of hydrogen-bond donors (Lipinski definition) is 2. The topological polar surface area (TPSA) is 101 Å². The predicted molar refractivity (Wildman–Crippen MR) is 69.9 cm³/mol. The molecule has 1 rings (SSSR count). The molecule has 6 nitrogen and oxygen atoms in total. The van der Waals surface area contributed by atoms with E-state index in [4.69, 9.17) is 9.84 Å². The summed E-state index contributed by atoms with van der Waals surface area (Å²) >= 11 is 0. The number of ether oxygens (including phenoxy) is 1. The Bertz CT molecular complexity index is 384. The van der Waals surface area contributed by atoms with Crippen molar-refractivity contribution in [2.24, 2.45) is 17.8 Å². The number of carbonyl (C=O) groups is 3. The van der Waals surface area contributed by atoms with Crippen LogP contribution in [-0.2, 0) is 19.1 Å². The Balaban J connectivity index is 0.00000400. The second-order valence-electron chi connectivity index (χ2n) is 5.30. The second kappa shape index (κ2) is 9.91. The fourth-order valence-corrected chi connectivity index (χ4v) is 2.65. The molecule has 2 N–H and O–H groups in total. The first-order valence-electron chi connectivity index (χ1n) is 6.98. The molecule has 1 radical (unpaired) electrons. The maximum absolute atomic E-state index is 12.1. The van der Waals surface area contributed by atoms with E-state index in [2.05, 4.69) is 0 Å². The van der Waals surface area contributed by atoms with Gasteiger partial charge in [0.1, 0.15) is 6.10 Å². The minimum atomic E-state index is -1.07. The van der Waals surface area contributed by atoms with E-state index in [1.807, 2.05) is 0 Å². The van der Waals surface area contributed by atoms with Crippen LogP contribution in [0, 0.1) is 61.8 Å². The van der Waals surface area contributed by atoms with Crippen LogP contribution < -0.4 is 0 Å². The molecule has 0 saturated heterocycles. The summed E-state index contributed by atoms with van der Waals surface area (Å²) in [6.07, 6.45) is -0.0822. The molecule has 1 fully saturated rings. The average Bonchev–Trinajstić information content (AvgIpc) is 2.38. The monoisotopic (exact) mass is 513 g/mol. The van der Waals surface area contributed by atoms with Gasteiger partial charge in [-0.1, -0.05) is 6.92 Å². The fraction of sp³-hybridized carbons (Fsp3) is 0.786. The van der Waals surface area contributed by atoms with Crippen molar-refractivity contribution in [1.29, 1.82) is 0 Å². The van der Waals surface area contributed by atoms with Gasteiger partial charge in [-0.05, 0) is 32.1 Å². The molecule has 0 aromatic rings. The van der Waals surface area contributed by atoms with Crippen LogP contribution in [0.3, 0.4) is 0 Å². The van der Waals surface area contributed by atoms with E-state index in [1.165, 1.54) is 0 Å². The third-order valence-electron chi connectivity index (χ3n) is 3.87. The molecule has 21 heavy (non-hydrogen) atoms. The quantitative estimate of drug-likeness (QED) is 0.515. The molecule has 1 aliphatic rings. The molecule has 117 valence electrons. The number of rotatable bonds is 6. The predicted octanol–water partition coefficient (Wildman–Crippen LogP) is 1.01. The second-order valence-corrected chi connectivity index (χ2v) is 5.30. The summed E-state index contributed by atoms with van der Waals surface area (Å²) in [5, 5.41) is 18.6. The van der Waals surface area contributed by atoms with E-state index >= 15 is 0 Å². The number of hydrogen-bond acceptors (Lipinski definition) is 5. The molecule has 0 spiro atoms. The molecule has 1 saturated carbocycles. The van der Waals surface area contributed by atoms with Crippen LogP contribution in [0.1, 0.15) is 39.5 Å². The first kappa shape index (κ1) is 21.0. The number of carboxylic acid groups (broad SMARTS) is 1. The van der Waals surface area contributed by atoms with Crippen molar-refractivity contribution in [3.8, 4) is 0 Å². The van der Waals surface area contributed by atoms with Crippen LogP contribution in [0.25, 0.3) is 0 Å². The van der Waals surface area contributed by atoms with Gasteiger partial charge in [-0.2, -0.15) is 0 Å². The zero-order chi connectivity index (χ0) is 15.3. The van der Waals surface area contributed by atoms with Crippen LogP contribution in [0.2, 0.25) is 0 Å². The van der Waals surface area contributed by atoms with Gasteiger partial charge in [-0.25, -0.2) is 0 Å². The number of carboxylic acids is 1. The van der Waals surface area contributed by atoms with Gasteiger partial charge in [-0.15, -0.1) is 0 Å². The Morgan fingerprint density at radius 1 is 1.38 bits per heavy atom. The number of aliphatic carboxylic acids is 1. The molecule has 4 atom stereocenters. The van der Waals surface area contributed by atoms with Gasteiger partial charge in [0.2, 0.25) is 0 Å². The average molecular weight is 513 g/mol. The minimum absolute atomic E-state index is 0. The minimum Gasteiger partial charge on any atom is -0.481 e. The van der Waals surface area contributed by atoms with Crippen molar-refractivity contribution in [1.82, 2.24) is 0 Å². The molecular weight excluding hydrogens is 491 g/mol. The van der Waals surface area contributed by atoms with Crippen molar-refractivity contribution >= 4 is 17.7 Å². The zero-order valence-electron chi connectivity index (χ0n) is 12.4. The summed E-state index contributed by atoms with van der Waals surface area (Å²) in [7, 11) is 0. The van der Waals surface area contributed by atoms with Crippen molar-refractivity contribution in [2.75, 3.05) is 6.61 Å². The van der Waals surface area contributed by atoms with Crippen LogP contribution in [0.15, 0.2) is 0 Å². The van der Waals surface area contributed by atoms with Crippen molar-refractivity contribution in [3.05, 3.63) is 0 Å². The van der Waals surface area contributed by atoms with E-state index in [0.717, 1.165) is 0 Å². The summed E-state index contributed by atoms with van der Waals surface area (Å²) in [5.74, 6) is -3.47. The van der Waals surface area contributed by atoms with Crippen LogP contribution >= 0.6 is 0 Å². The summed E-state index contributed by atoms with van der Waals surface area (Å²) in [6, 6.07) is 0. The van der Waals surface area contributed by atoms with Gasteiger partial charge < -0.3 is 14.9 Å². The standard InChI is InChI=1S/C14H22O6.Ac/c1-3-20-14(19)10(6-7-11(15)16)9-5-4-8(2)12(17)13(9)18;/h8-10,12,17H,3-7H2,1-2H3,(H,15,16);. The molecule has 0 heterocycles. The summed E-state index contributed by atoms with van der Waals surface area (Å²) in [4.78, 5) is 34.7. The van der Waals surface area contributed by atoms with Crippen LogP contribution in [0.5, 0.6) is 0 Å². The van der Waals surface area contributed by atoms with Crippen LogP contribution in [0.4, 0.5) is 0 Å². The summed E-state index contributed by atoms with van der Waals surface area (Å²) in [5.41, 5.74) is 0. The third kappa shape index (κ3) is 5.96. The normalized spacial score (nSPS) is 26.6. The Morgan fingerprint density at radius 2 is 2.00 bits per heavy atom. The molecule has 0 aliphatic heterocycles. The maximum Gasteiger partial charge on any atom is 0.309 e. The van der Waals surface area contributed by atoms with E-state index in [1.54, 1.807) is 13.8 Å². The largest absolute Gasteiger partial charge is 0.481 e. The van der Waals surface area contributed by atoms with Gasteiger partial charge in [0.15, 0.2) is 5.78 Å². The van der Waals surface area contributed by atoms with Gasteiger partial charge in [-0.3, -0.25) is 14.4 Å². The zero-order valence-corrected chi connectivity index (χ0v) is 17.2. The van der Waals surface area contributed by atoms with Crippen molar-refractivity contribution in [3.63, 3.8) is 0 Å². The SMILES string of the molecule is CCOC(=O)C(CCC(=O)O)C1CCC(C)C(O)C1=O.[Ac]. The number of ketones is 1. The number of aliphatic hydroxyl groups is 1. The Labute approximate surface area is 160 Å². The van der Waals surface area contributed by atoms with Crippen LogP contribution in [-0.4, -0.2) is 40.6 Å². The summed E-state index contributed by atoms with van der Waals surface area (Å²) < 4.78 is 4.93. The number of esters is 1. The molecular formula is C14H22AcO6. The fourth-order valence-electron chi connectivity index (χ4n) is 2.65. The van der Waals surface area contributed by atoms with Crippen molar-refractivity contribution in [2.45, 2.75) is 45.6 Å². The van der Waals surface area contributed by atoms with E-state index < -0.39 is 29.9 Å². The first-order valence-corrected chi connectivity index (χ1v) is 6.98. The molecule has 1 aliphatic carbocycles. The summed E-state index contributed by atoms with van der Waals surface area (Å²) in [6.45, 7) is 3.63. The van der Waals surface area contributed by atoms with E-state index in [0.29, 0.717) is 12.8 Å². The molecule has 0 aromatic heterocycles. The molecule has 4 unspecified atom stereocenters. The molecule has 0 bridgehead atoms. The van der Waals surface area contributed by atoms with E-state index in [9.17, 15) is 19.5 Å². The van der Waals surface area contributed by atoms with Gasteiger partial charge in [0.05, 0.1) is 12.5 Å². The maximum atomic E-state index is 12.1. The first-order chi connectivity index (χ1) is 9.38. The van der Waals surface area contributed by atoms with Gasteiger partial charge in [0, 0.05) is 56.4 Å². The van der Waals surface area contributed by atoms with Gasteiger partial charge in [0.25, 0.3) is 0 Å². The molecule has 7 heteroatoms. The Morgan fingerprint density at radius 3 is 2.52 bits per heavy atom. The number of aliphatic hydroxyl groups excluding tert-OH is 1. The van der Waals surface area contributed by atoms with Crippen molar-refractivity contribution < 1.29 is 73.4 Å². The Kier molecular flexibility index (Phi) is 9.92. The van der Waals surface area contributed by atoms with E-state index in [-0.39, 0.29) is 75.2 Å².